The van der Waals surface area contributed by atoms with E-state index in [1.807, 2.05) is 23.1 Å². The number of nitrogens with zero attached hydrogens (tertiary/aromatic N) is 1. The highest BCUT2D eigenvalue weighted by molar-refractivity contribution is 5.92. The molecule has 1 aliphatic heterocycles. The molecule has 156 valence electrons. The van der Waals surface area contributed by atoms with Crippen molar-refractivity contribution in [2.75, 3.05) is 27.3 Å². The molecule has 7 heteroatoms. The van der Waals surface area contributed by atoms with E-state index in [-0.39, 0.29) is 11.8 Å². The minimum atomic E-state index is 0.00990. The summed E-state index contributed by atoms with van der Waals surface area (Å²) in [6.07, 6.45) is 5.01. The van der Waals surface area contributed by atoms with E-state index in [0.717, 1.165) is 31.4 Å². The maximum Gasteiger partial charge on any atom is 0.270 e. The predicted octanol–water partition coefficient (Wildman–Crippen LogP) is 2.98. The zero-order valence-corrected chi connectivity index (χ0v) is 17.1. The van der Waals surface area contributed by atoms with Crippen molar-refractivity contribution in [1.29, 1.82) is 0 Å². The number of rotatable bonds is 8. The molecule has 2 aromatic rings. The van der Waals surface area contributed by atoms with Gasteiger partial charge in [0, 0.05) is 43.9 Å². The van der Waals surface area contributed by atoms with Crippen molar-refractivity contribution in [2.45, 2.75) is 32.2 Å². The van der Waals surface area contributed by atoms with Crippen LogP contribution < -0.4 is 14.8 Å². The summed E-state index contributed by atoms with van der Waals surface area (Å²) in [5.74, 6) is 1.80. The van der Waals surface area contributed by atoms with Crippen LogP contribution in [-0.4, -0.2) is 49.0 Å². The molecule has 7 nitrogen and oxygen atoms in total. The van der Waals surface area contributed by atoms with Gasteiger partial charge in [0.1, 0.15) is 17.2 Å². The van der Waals surface area contributed by atoms with E-state index in [2.05, 4.69) is 10.3 Å². The number of aromatic amines is 1. The summed E-state index contributed by atoms with van der Waals surface area (Å²) in [7, 11) is 3.21. The van der Waals surface area contributed by atoms with Crippen LogP contribution in [0.15, 0.2) is 36.5 Å². The molecule has 0 spiro atoms. The third-order valence-corrected chi connectivity index (χ3v) is 5.38. The molecule has 2 N–H and O–H groups in total. The maximum absolute atomic E-state index is 12.5. The summed E-state index contributed by atoms with van der Waals surface area (Å²) in [6, 6.07) is 9.17. The van der Waals surface area contributed by atoms with Gasteiger partial charge in [0.05, 0.1) is 14.2 Å². The monoisotopic (exact) mass is 399 g/mol. The highest BCUT2D eigenvalue weighted by Gasteiger charge is 2.25. The third kappa shape index (κ3) is 5.53. The molecule has 0 bridgehead atoms. The number of hydrogen-bond donors (Lipinski definition) is 2. The first-order valence-corrected chi connectivity index (χ1v) is 10.0. The van der Waals surface area contributed by atoms with Crippen LogP contribution in [0.1, 0.15) is 41.7 Å². The van der Waals surface area contributed by atoms with E-state index in [0.29, 0.717) is 42.6 Å². The van der Waals surface area contributed by atoms with Crippen molar-refractivity contribution >= 4 is 11.8 Å². The van der Waals surface area contributed by atoms with E-state index in [4.69, 9.17) is 9.47 Å². The van der Waals surface area contributed by atoms with Gasteiger partial charge in [-0.1, -0.05) is 0 Å². The molecule has 0 aliphatic carbocycles. The topological polar surface area (TPSA) is 83.7 Å². The summed E-state index contributed by atoms with van der Waals surface area (Å²) in [4.78, 5) is 29.7. The largest absolute Gasteiger partial charge is 0.497 e. The molecular weight excluding hydrogens is 370 g/mol. The van der Waals surface area contributed by atoms with Crippen molar-refractivity contribution in [3.05, 3.63) is 47.8 Å². The van der Waals surface area contributed by atoms with E-state index in [1.54, 1.807) is 32.5 Å². The van der Waals surface area contributed by atoms with E-state index in [1.165, 1.54) is 0 Å². The van der Waals surface area contributed by atoms with E-state index in [9.17, 15) is 9.59 Å². The highest BCUT2D eigenvalue weighted by Crippen LogP contribution is 2.25. The minimum absolute atomic E-state index is 0.00990. The second-order valence-corrected chi connectivity index (χ2v) is 7.34. The van der Waals surface area contributed by atoms with Crippen molar-refractivity contribution in [3.8, 4) is 11.5 Å². The van der Waals surface area contributed by atoms with E-state index >= 15 is 0 Å². The van der Waals surface area contributed by atoms with Crippen LogP contribution in [-0.2, 0) is 11.3 Å². The van der Waals surface area contributed by atoms with Crippen LogP contribution in [0.25, 0.3) is 0 Å². The van der Waals surface area contributed by atoms with Crippen molar-refractivity contribution in [3.63, 3.8) is 0 Å². The summed E-state index contributed by atoms with van der Waals surface area (Å²) in [5.41, 5.74) is 1.53. The molecule has 0 radical (unpaired) electrons. The number of H-pyrrole nitrogens is 1. The van der Waals surface area contributed by atoms with Gasteiger partial charge in [-0.3, -0.25) is 9.59 Å². The molecule has 1 aromatic heterocycles. The lowest BCUT2D eigenvalue weighted by Gasteiger charge is -2.32. The molecule has 3 rings (SSSR count). The number of nitrogens with one attached hydrogen (secondary N) is 2. The lowest BCUT2D eigenvalue weighted by atomic mass is 9.93. The molecule has 1 atom stereocenters. The van der Waals surface area contributed by atoms with Crippen LogP contribution in [0.3, 0.4) is 0 Å². The molecule has 1 aliphatic rings. The molecule has 29 heavy (non-hydrogen) atoms. The molecule has 1 saturated heterocycles. The van der Waals surface area contributed by atoms with Gasteiger partial charge in [0.15, 0.2) is 0 Å². The highest BCUT2D eigenvalue weighted by atomic mass is 16.5. The Kier molecular flexibility index (Phi) is 7.16. The van der Waals surface area contributed by atoms with Crippen molar-refractivity contribution in [2.24, 2.45) is 5.92 Å². The Morgan fingerprint density at radius 3 is 2.83 bits per heavy atom. The van der Waals surface area contributed by atoms with Gasteiger partial charge in [-0.15, -0.1) is 0 Å². The van der Waals surface area contributed by atoms with Gasteiger partial charge in [0.25, 0.3) is 5.91 Å². The Balaban J connectivity index is 1.45. The third-order valence-electron chi connectivity index (χ3n) is 5.38. The molecule has 0 saturated carbocycles. The number of carbonyl (C=O) groups is 2. The Morgan fingerprint density at radius 1 is 1.24 bits per heavy atom. The number of ether oxygens (including phenoxy) is 2. The maximum atomic E-state index is 12.5. The van der Waals surface area contributed by atoms with Gasteiger partial charge >= 0.3 is 0 Å². The first-order valence-electron chi connectivity index (χ1n) is 10.0. The number of benzene rings is 1. The predicted molar refractivity (Wildman–Crippen MR) is 110 cm³/mol. The molecule has 1 fully saturated rings. The minimum Gasteiger partial charge on any atom is -0.497 e. The number of amides is 2. The summed E-state index contributed by atoms with van der Waals surface area (Å²) < 4.78 is 10.6. The van der Waals surface area contributed by atoms with Crippen LogP contribution in [0.4, 0.5) is 0 Å². The van der Waals surface area contributed by atoms with Gasteiger partial charge in [-0.25, -0.2) is 0 Å². The van der Waals surface area contributed by atoms with Gasteiger partial charge < -0.3 is 24.7 Å². The van der Waals surface area contributed by atoms with Crippen LogP contribution in [0, 0.1) is 5.92 Å². The van der Waals surface area contributed by atoms with Crippen LogP contribution >= 0.6 is 0 Å². The lowest BCUT2D eigenvalue weighted by Crippen LogP contribution is -2.40. The van der Waals surface area contributed by atoms with Crippen LogP contribution in [0.2, 0.25) is 0 Å². The zero-order valence-electron chi connectivity index (χ0n) is 17.1. The molecule has 0 unspecified atom stereocenters. The number of carbonyl (C=O) groups excluding carboxylic acids is 2. The smallest absolute Gasteiger partial charge is 0.270 e. The standard InChI is InChI=1S/C22H29N3O4/c1-28-18-9-8-17(20(13-18)29-2)14-24-21(26)10-7-16-5-4-12-25(15-16)22(27)19-6-3-11-23-19/h3,6,8-9,11,13,16,23H,4-5,7,10,12,14-15H2,1-2H3,(H,24,26)/t16-/m1/s1. The quantitative estimate of drug-likeness (QED) is 0.715. The van der Waals surface area contributed by atoms with Gasteiger partial charge in [-0.05, 0) is 49.4 Å². The van der Waals surface area contributed by atoms with Gasteiger partial charge in [0.2, 0.25) is 5.91 Å². The Bertz CT molecular complexity index is 819. The van der Waals surface area contributed by atoms with Crippen LogP contribution in [0.5, 0.6) is 11.5 Å². The summed E-state index contributed by atoms with van der Waals surface area (Å²) >= 11 is 0. The first kappa shape index (κ1) is 20.8. The SMILES string of the molecule is COc1ccc(CNC(=O)CC[C@H]2CCCN(C(=O)c3ccc[nH]3)C2)c(OC)c1. The molecule has 1 aromatic carbocycles. The number of methoxy groups -OCH3 is 2. The van der Waals surface area contributed by atoms with Crippen molar-refractivity contribution in [1.82, 2.24) is 15.2 Å². The number of hydrogen-bond acceptors (Lipinski definition) is 4. The number of aromatic nitrogens is 1. The average molecular weight is 399 g/mol. The first-order chi connectivity index (χ1) is 14.1. The average Bonchev–Trinajstić information content (AvgIpc) is 3.30. The van der Waals surface area contributed by atoms with Gasteiger partial charge in [-0.2, -0.15) is 0 Å². The zero-order chi connectivity index (χ0) is 20.6. The fraction of sp³-hybridized carbons (Fsp3) is 0.455. The lowest BCUT2D eigenvalue weighted by molar-refractivity contribution is -0.121. The second kappa shape index (κ2) is 10.0. The Morgan fingerprint density at radius 2 is 2.10 bits per heavy atom. The number of likely N-dealkylation sites (tertiary alicyclic amines) is 1. The Labute approximate surface area is 171 Å². The number of piperidine rings is 1. The molecular formula is C22H29N3O4. The Hall–Kier alpha value is -2.96. The second-order valence-electron chi connectivity index (χ2n) is 7.34. The normalized spacial score (nSPS) is 16.3. The molecule has 2 heterocycles. The van der Waals surface area contributed by atoms with Crippen molar-refractivity contribution < 1.29 is 19.1 Å². The summed E-state index contributed by atoms with van der Waals surface area (Å²) in [6.45, 7) is 1.89. The summed E-state index contributed by atoms with van der Waals surface area (Å²) in [5, 5.41) is 2.96. The fourth-order valence-electron chi connectivity index (χ4n) is 3.73. The molecule has 2 amide bonds. The van der Waals surface area contributed by atoms with E-state index < -0.39 is 0 Å². The fourth-order valence-corrected chi connectivity index (χ4v) is 3.73.